The van der Waals surface area contributed by atoms with E-state index in [0.717, 1.165) is 30.2 Å². The van der Waals surface area contributed by atoms with E-state index in [2.05, 4.69) is 9.97 Å². The van der Waals surface area contributed by atoms with Crippen molar-refractivity contribution in [1.29, 1.82) is 0 Å². The Bertz CT molecular complexity index is 1220. The highest BCUT2D eigenvalue weighted by molar-refractivity contribution is 5.93. The van der Waals surface area contributed by atoms with Crippen LogP contribution in [0.25, 0.3) is 10.9 Å². The number of fused-ring (bicyclic) bond motifs is 2. The van der Waals surface area contributed by atoms with Crippen LogP contribution >= 0.6 is 0 Å². The summed E-state index contributed by atoms with van der Waals surface area (Å²) < 4.78 is 16.7. The number of halogens is 1. The Balaban J connectivity index is 1.67. The van der Waals surface area contributed by atoms with Gasteiger partial charge in [0.25, 0.3) is 0 Å². The van der Waals surface area contributed by atoms with E-state index in [1.54, 1.807) is 21.7 Å². The zero-order chi connectivity index (χ0) is 19.6. The van der Waals surface area contributed by atoms with Crippen LogP contribution in [-0.4, -0.2) is 25.6 Å². The van der Waals surface area contributed by atoms with Crippen LogP contribution < -0.4 is 16.1 Å². The standard InChI is InChI=1S/C19H16FN5O3/c20-13-3-11-15(25(10-1-2-10)7-12(17(11)26)18(27)28)4-16(13)24-6-9-5-22-19(21)23-14(9)8-24/h3-5,7,10H,1-2,6,8H2,(H,27,28)(H2,21,22,23). The zero-order valence-electron chi connectivity index (χ0n) is 14.7. The van der Waals surface area contributed by atoms with Crippen molar-refractivity contribution in [3.63, 3.8) is 0 Å². The lowest BCUT2D eigenvalue weighted by Gasteiger charge is -2.20. The van der Waals surface area contributed by atoms with E-state index in [-0.39, 0.29) is 22.9 Å². The summed E-state index contributed by atoms with van der Waals surface area (Å²) in [7, 11) is 0. The first kappa shape index (κ1) is 16.7. The summed E-state index contributed by atoms with van der Waals surface area (Å²) in [5, 5.41) is 9.41. The zero-order valence-corrected chi connectivity index (χ0v) is 14.7. The molecule has 8 nitrogen and oxygen atoms in total. The van der Waals surface area contributed by atoms with Crippen LogP contribution in [0.4, 0.5) is 16.0 Å². The molecule has 0 atom stereocenters. The van der Waals surface area contributed by atoms with Crippen LogP contribution in [0.1, 0.15) is 40.5 Å². The van der Waals surface area contributed by atoms with Crippen molar-refractivity contribution >= 4 is 28.5 Å². The van der Waals surface area contributed by atoms with Crippen LogP contribution in [-0.2, 0) is 13.1 Å². The highest BCUT2D eigenvalue weighted by Crippen LogP contribution is 2.39. The largest absolute Gasteiger partial charge is 0.477 e. The molecule has 0 spiro atoms. The molecule has 0 amide bonds. The van der Waals surface area contributed by atoms with Crippen molar-refractivity contribution in [2.45, 2.75) is 32.0 Å². The highest BCUT2D eigenvalue weighted by atomic mass is 19.1. The van der Waals surface area contributed by atoms with Crippen LogP contribution in [0.15, 0.2) is 29.3 Å². The van der Waals surface area contributed by atoms with E-state index in [0.29, 0.717) is 24.3 Å². The molecule has 0 unspecified atom stereocenters. The SMILES string of the molecule is Nc1ncc2c(n1)CN(c1cc3c(cc1F)c(=O)c(C(=O)O)cn3C1CC1)C2. The molecule has 142 valence electrons. The van der Waals surface area contributed by atoms with Gasteiger partial charge in [-0.3, -0.25) is 4.79 Å². The molecule has 9 heteroatoms. The number of nitrogens with two attached hydrogens (primary N) is 1. The number of pyridine rings is 1. The first-order valence-electron chi connectivity index (χ1n) is 8.89. The molecule has 0 bridgehead atoms. The Hall–Kier alpha value is -3.49. The maximum atomic E-state index is 14.9. The van der Waals surface area contributed by atoms with Crippen molar-refractivity contribution < 1.29 is 14.3 Å². The fourth-order valence-corrected chi connectivity index (χ4v) is 3.75. The maximum absolute atomic E-state index is 14.9. The molecule has 1 aliphatic carbocycles. The van der Waals surface area contributed by atoms with Gasteiger partial charge in [0.2, 0.25) is 11.4 Å². The van der Waals surface area contributed by atoms with Crippen molar-refractivity contribution in [3.05, 3.63) is 57.4 Å². The molecule has 2 aliphatic rings. The molecule has 3 aromatic rings. The van der Waals surface area contributed by atoms with E-state index < -0.39 is 17.2 Å². The molecule has 1 saturated carbocycles. The number of carboxylic acids is 1. The average molecular weight is 381 g/mol. The summed E-state index contributed by atoms with van der Waals surface area (Å²) in [6.07, 6.45) is 4.80. The van der Waals surface area contributed by atoms with Crippen molar-refractivity contribution in [3.8, 4) is 0 Å². The van der Waals surface area contributed by atoms with E-state index in [4.69, 9.17) is 5.73 Å². The topological polar surface area (TPSA) is 114 Å². The number of hydrogen-bond donors (Lipinski definition) is 2. The van der Waals surface area contributed by atoms with Crippen molar-refractivity contribution in [1.82, 2.24) is 14.5 Å². The molecule has 3 N–H and O–H groups in total. The number of hydrogen-bond acceptors (Lipinski definition) is 6. The molecule has 28 heavy (non-hydrogen) atoms. The van der Waals surface area contributed by atoms with Gasteiger partial charge in [-0.25, -0.2) is 19.2 Å². The predicted molar refractivity (Wildman–Crippen MR) is 99.7 cm³/mol. The Morgan fingerprint density at radius 2 is 2.07 bits per heavy atom. The first-order chi connectivity index (χ1) is 13.4. The van der Waals surface area contributed by atoms with E-state index in [9.17, 15) is 19.1 Å². The van der Waals surface area contributed by atoms with E-state index >= 15 is 0 Å². The van der Waals surface area contributed by atoms with Gasteiger partial charge in [-0.15, -0.1) is 0 Å². The van der Waals surface area contributed by atoms with Gasteiger partial charge in [-0.2, -0.15) is 0 Å². The molecule has 1 fully saturated rings. The van der Waals surface area contributed by atoms with Crippen LogP contribution in [0.3, 0.4) is 0 Å². The second-order valence-corrected chi connectivity index (χ2v) is 7.19. The third-order valence-electron chi connectivity index (χ3n) is 5.29. The van der Waals surface area contributed by atoms with E-state index in [1.807, 2.05) is 0 Å². The predicted octanol–water partition coefficient (Wildman–Crippen LogP) is 2.07. The fraction of sp³-hybridized carbons (Fsp3) is 0.263. The lowest BCUT2D eigenvalue weighted by atomic mass is 10.1. The van der Waals surface area contributed by atoms with Crippen LogP contribution in [0, 0.1) is 5.82 Å². The second kappa shape index (κ2) is 5.75. The number of anilines is 2. The monoisotopic (exact) mass is 381 g/mol. The van der Waals surface area contributed by atoms with Gasteiger partial charge in [0.15, 0.2) is 0 Å². The molecular weight excluding hydrogens is 365 g/mol. The molecule has 0 radical (unpaired) electrons. The van der Waals surface area contributed by atoms with Crippen LogP contribution in [0.5, 0.6) is 0 Å². The van der Waals surface area contributed by atoms with Crippen LogP contribution in [0.2, 0.25) is 0 Å². The summed E-state index contributed by atoms with van der Waals surface area (Å²) in [6.45, 7) is 0.810. The summed E-state index contributed by atoms with van der Waals surface area (Å²) in [4.78, 5) is 34.0. The number of nitrogen functional groups attached to an aromatic ring is 1. The molecule has 5 rings (SSSR count). The van der Waals surface area contributed by atoms with E-state index in [1.165, 1.54) is 6.20 Å². The smallest absolute Gasteiger partial charge is 0.341 e. The highest BCUT2D eigenvalue weighted by Gasteiger charge is 2.29. The number of carbonyl (C=O) groups is 1. The molecular formula is C19H16FN5O3. The number of aromatic carboxylic acids is 1. The summed E-state index contributed by atoms with van der Waals surface area (Å²) in [5.41, 5.74) is 7.10. The molecule has 2 aromatic heterocycles. The number of rotatable bonds is 3. The lowest BCUT2D eigenvalue weighted by molar-refractivity contribution is 0.0695. The lowest BCUT2D eigenvalue weighted by Crippen LogP contribution is -2.21. The second-order valence-electron chi connectivity index (χ2n) is 7.19. The van der Waals surface area contributed by atoms with Gasteiger partial charge in [-0.05, 0) is 25.0 Å². The first-order valence-corrected chi connectivity index (χ1v) is 8.89. The Morgan fingerprint density at radius 3 is 2.79 bits per heavy atom. The Kier molecular flexibility index (Phi) is 3.42. The minimum absolute atomic E-state index is 0.0776. The maximum Gasteiger partial charge on any atom is 0.341 e. The molecule has 1 aromatic carbocycles. The number of benzene rings is 1. The minimum Gasteiger partial charge on any atom is -0.477 e. The van der Waals surface area contributed by atoms with Gasteiger partial charge in [0, 0.05) is 35.9 Å². The molecule has 0 saturated heterocycles. The van der Waals surface area contributed by atoms with Gasteiger partial charge in [0.05, 0.1) is 23.4 Å². The normalized spacial score (nSPS) is 15.8. The van der Waals surface area contributed by atoms with Crippen molar-refractivity contribution in [2.75, 3.05) is 10.6 Å². The fourth-order valence-electron chi connectivity index (χ4n) is 3.75. The quantitative estimate of drug-likeness (QED) is 0.714. The third-order valence-corrected chi connectivity index (χ3v) is 5.29. The van der Waals surface area contributed by atoms with Crippen molar-refractivity contribution in [2.24, 2.45) is 0 Å². The molecule has 1 aliphatic heterocycles. The summed E-state index contributed by atoms with van der Waals surface area (Å²) >= 11 is 0. The van der Waals surface area contributed by atoms with Gasteiger partial charge >= 0.3 is 5.97 Å². The third kappa shape index (κ3) is 2.50. The molecule has 3 heterocycles. The number of aromatic nitrogens is 3. The number of nitrogens with zero attached hydrogens (tertiary/aromatic N) is 4. The summed E-state index contributed by atoms with van der Waals surface area (Å²) in [5.74, 6) is -1.72. The van der Waals surface area contributed by atoms with Gasteiger partial charge < -0.3 is 20.3 Å². The minimum atomic E-state index is -1.31. The Labute approximate surface area is 158 Å². The van der Waals surface area contributed by atoms with Gasteiger partial charge in [-0.1, -0.05) is 0 Å². The van der Waals surface area contributed by atoms with Gasteiger partial charge in [0.1, 0.15) is 11.4 Å². The Morgan fingerprint density at radius 1 is 1.29 bits per heavy atom. The summed E-state index contributed by atoms with van der Waals surface area (Å²) in [6, 6.07) is 2.89. The average Bonchev–Trinajstić information content (AvgIpc) is 3.41. The number of carboxylic acid groups (broad SMARTS) is 1.